The number of aryl methyl sites for hydroxylation is 1. The molecule has 0 atom stereocenters. The molecular weight excluding hydrogens is 286 g/mol. The fourth-order valence-electron chi connectivity index (χ4n) is 2.05. The molecule has 0 N–H and O–H groups in total. The van der Waals surface area contributed by atoms with Crippen LogP contribution in [0.3, 0.4) is 0 Å². The zero-order chi connectivity index (χ0) is 14.8. The highest BCUT2D eigenvalue weighted by molar-refractivity contribution is 6.32. The highest BCUT2D eigenvalue weighted by atomic mass is 35.5. The van der Waals surface area contributed by atoms with E-state index in [9.17, 15) is 4.79 Å². The first kappa shape index (κ1) is 13.6. The number of hydrogen-bond acceptors (Lipinski definition) is 3. The quantitative estimate of drug-likeness (QED) is 0.621. The lowest BCUT2D eigenvalue weighted by Gasteiger charge is -1.99. The second kappa shape index (κ2) is 5.54. The lowest BCUT2D eigenvalue weighted by molar-refractivity contribution is -0.129. The molecule has 1 aliphatic rings. The van der Waals surface area contributed by atoms with Crippen LogP contribution in [0.1, 0.15) is 16.7 Å². The van der Waals surface area contributed by atoms with Crippen LogP contribution in [-0.4, -0.2) is 11.9 Å². The Kier molecular flexibility index (Phi) is 3.59. The van der Waals surface area contributed by atoms with Gasteiger partial charge in [0.2, 0.25) is 5.90 Å². The molecule has 0 aliphatic carbocycles. The molecule has 21 heavy (non-hydrogen) atoms. The predicted octanol–water partition coefficient (Wildman–Crippen LogP) is 3.99. The Morgan fingerprint density at radius 2 is 1.95 bits per heavy atom. The van der Waals surface area contributed by atoms with E-state index in [2.05, 4.69) is 4.99 Å². The second-order valence-corrected chi connectivity index (χ2v) is 5.13. The number of rotatable bonds is 2. The molecule has 1 heterocycles. The van der Waals surface area contributed by atoms with E-state index in [-0.39, 0.29) is 5.70 Å². The summed E-state index contributed by atoms with van der Waals surface area (Å²) in [6.45, 7) is 1.97. The van der Waals surface area contributed by atoms with Crippen LogP contribution in [0.4, 0.5) is 0 Å². The summed E-state index contributed by atoms with van der Waals surface area (Å²) in [5.41, 5.74) is 2.85. The molecule has 104 valence electrons. The number of ether oxygens (including phenoxy) is 1. The summed E-state index contributed by atoms with van der Waals surface area (Å²) in [5.74, 6) is -0.145. The molecular formula is C17H12ClNO2. The van der Waals surface area contributed by atoms with Gasteiger partial charge >= 0.3 is 5.97 Å². The number of carbonyl (C=O) groups excluding carboxylic acids is 1. The monoisotopic (exact) mass is 297 g/mol. The van der Waals surface area contributed by atoms with Crippen LogP contribution in [0.25, 0.3) is 6.08 Å². The molecule has 0 radical (unpaired) electrons. The van der Waals surface area contributed by atoms with Gasteiger partial charge < -0.3 is 4.74 Å². The SMILES string of the molecule is Cc1cccc(C2=NC(=Cc3ccccc3Cl)C(=O)O2)c1. The predicted molar refractivity (Wildman–Crippen MR) is 83.2 cm³/mol. The minimum atomic E-state index is -0.466. The van der Waals surface area contributed by atoms with Gasteiger partial charge in [0, 0.05) is 10.6 Å². The zero-order valence-electron chi connectivity index (χ0n) is 11.3. The van der Waals surface area contributed by atoms with Crippen molar-refractivity contribution in [2.24, 2.45) is 4.99 Å². The van der Waals surface area contributed by atoms with Crippen molar-refractivity contribution in [2.75, 3.05) is 0 Å². The first-order valence-corrected chi connectivity index (χ1v) is 6.85. The van der Waals surface area contributed by atoms with E-state index in [1.165, 1.54) is 0 Å². The number of benzene rings is 2. The Hall–Kier alpha value is -2.39. The molecule has 1 aliphatic heterocycles. The Labute approximate surface area is 127 Å². The summed E-state index contributed by atoms with van der Waals surface area (Å²) in [5, 5.41) is 0.567. The van der Waals surface area contributed by atoms with Crippen LogP contribution in [0.2, 0.25) is 5.02 Å². The highest BCUT2D eigenvalue weighted by Crippen LogP contribution is 2.23. The van der Waals surface area contributed by atoms with Crippen molar-refractivity contribution in [1.82, 2.24) is 0 Å². The maximum Gasteiger partial charge on any atom is 0.363 e. The first-order valence-electron chi connectivity index (χ1n) is 6.47. The normalized spacial score (nSPS) is 16.0. The minimum absolute atomic E-state index is 0.250. The molecule has 0 spiro atoms. The van der Waals surface area contributed by atoms with Crippen molar-refractivity contribution in [3.8, 4) is 0 Å². The van der Waals surface area contributed by atoms with E-state index in [4.69, 9.17) is 16.3 Å². The maximum atomic E-state index is 11.9. The van der Waals surface area contributed by atoms with Crippen molar-refractivity contribution in [2.45, 2.75) is 6.92 Å². The number of hydrogen-bond donors (Lipinski definition) is 0. The number of cyclic esters (lactones) is 1. The highest BCUT2D eigenvalue weighted by Gasteiger charge is 2.24. The number of halogens is 1. The van der Waals surface area contributed by atoms with Gasteiger partial charge in [0.15, 0.2) is 5.70 Å². The van der Waals surface area contributed by atoms with E-state index < -0.39 is 5.97 Å². The fraction of sp³-hybridized carbons (Fsp3) is 0.0588. The number of esters is 1. The van der Waals surface area contributed by atoms with Gasteiger partial charge in [-0.05, 0) is 36.8 Å². The van der Waals surface area contributed by atoms with E-state index in [0.717, 1.165) is 16.7 Å². The summed E-state index contributed by atoms with van der Waals surface area (Å²) in [6, 6.07) is 14.9. The van der Waals surface area contributed by atoms with Gasteiger partial charge in [-0.25, -0.2) is 9.79 Å². The van der Waals surface area contributed by atoms with Gasteiger partial charge in [-0.15, -0.1) is 0 Å². The maximum absolute atomic E-state index is 11.9. The number of carbonyl (C=O) groups is 1. The van der Waals surface area contributed by atoms with Crippen molar-refractivity contribution in [3.05, 3.63) is 75.9 Å². The Morgan fingerprint density at radius 1 is 1.14 bits per heavy atom. The lowest BCUT2D eigenvalue weighted by Crippen LogP contribution is -2.05. The summed E-state index contributed by atoms with van der Waals surface area (Å²) in [6.07, 6.45) is 1.63. The average Bonchev–Trinajstić information content (AvgIpc) is 2.83. The van der Waals surface area contributed by atoms with Crippen molar-refractivity contribution in [1.29, 1.82) is 0 Å². The van der Waals surface area contributed by atoms with E-state index in [1.807, 2.05) is 49.4 Å². The number of aliphatic imine (C=N–C) groups is 1. The van der Waals surface area contributed by atoms with Crippen LogP contribution in [0, 0.1) is 6.92 Å². The van der Waals surface area contributed by atoms with Crippen LogP contribution in [-0.2, 0) is 9.53 Å². The molecule has 0 bridgehead atoms. The van der Waals surface area contributed by atoms with Crippen molar-refractivity contribution in [3.63, 3.8) is 0 Å². The van der Waals surface area contributed by atoms with Crippen molar-refractivity contribution >= 4 is 29.5 Å². The molecule has 2 aromatic carbocycles. The van der Waals surface area contributed by atoms with Gasteiger partial charge in [-0.1, -0.05) is 47.5 Å². The van der Waals surface area contributed by atoms with Gasteiger partial charge in [-0.2, -0.15) is 0 Å². The lowest BCUT2D eigenvalue weighted by atomic mass is 10.1. The molecule has 2 aromatic rings. The smallest absolute Gasteiger partial charge is 0.363 e. The molecule has 3 rings (SSSR count). The van der Waals surface area contributed by atoms with Crippen LogP contribution < -0.4 is 0 Å². The standard InChI is InChI=1S/C17H12ClNO2/c1-11-5-4-7-13(9-11)16-19-15(17(20)21-16)10-12-6-2-3-8-14(12)18/h2-10H,1H3. The topological polar surface area (TPSA) is 38.7 Å². The third-order valence-corrected chi connectivity index (χ3v) is 3.43. The Morgan fingerprint density at radius 3 is 2.71 bits per heavy atom. The van der Waals surface area contributed by atoms with Gasteiger partial charge in [0.1, 0.15) is 0 Å². The Bertz CT molecular complexity index is 778. The molecule has 0 amide bonds. The summed E-state index contributed by atoms with van der Waals surface area (Å²) in [7, 11) is 0. The molecule has 0 unspecified atom stereocenters. The van der Waals surface area contributed by atoms with Crippen LogP contribution in [0.15, 0.2) is 59.2 Å². The number of nitrogens with zero attached hydrogens (tertiary/aromatic N) is 1. The molecule has 4 heteroatoms. The third-order valence-electron chi connectivity index (χ3n) is 3.08. The fourth-order valence-corrected chi connectivity index (χ4v) is 2.24. The molecule has 0 fully saturated rings. The van der Waals surface area contributed by atoms with E-state index in [0.29, 0.717) is 10.9 Å². The second-order valence-electron chi connectivity index (χ2n) is 4.73. The first-order chi connectivity index (χ1) is 10.1. The Balaban J connectivity index is 1.98. The average molecular weight is 298 g/mol. The van der Waals surface area contributed by atoms with Crippen LogP contribution in [0.5, 0.6) is 0 Å². The van der Waals surface area contributed by atoms with Crippen LogP contribution >= 0.6 is 11.6 Å². The summed E-state index contributed by atoms with van der Waals surface area (Å²) >= 11 is 6.08. The largest absolute Gasteiger partial charge is 0.402 e. The van der Waals surface area contributed by atoms with Crippen molar-refractivity contribution < 1.29 is 9.53 Å². The van der Waals surface area contributed by atoms with Gasteiger partial charge in [0.05, 0.1) is 0 Å². The molecule has 0 saturated heterocycles. The van der Waals surface area contributed by atoms with Gasteiger partial charge in [-0.3, -0.25) is 0 Å². The van der Waals surface area contributed by atoms with E-state index in [1.54, 1.807) is 12.1 Å². The summed E-state index contributed by atoms with van der Waals surface area (Å²) < 4.78 is 5.23. The van der Waals surface area contributed by atoms with Gasteiger partial charge in [0.25, 0.3) is 0 Å². The zero-order valence-corrected chi connectivity index (χ0v) is 12.1. The molecule has 0 saturated carbocycles. The molecule has 3 nitrogen and oxygen atoms in total. The molecule has 0 aromatic heterocycles. The minimum Gasteiger partial charge on any atom is -0.402 e. The summed E-state index contributed by atoms with van der Waals surface area (Å²) in [4.78, 5) is 16.2. The van der Waals surface area contributed by atoms with E-state index >= 15 is 0 Å². The third kappa shape index (κ3) is 2.88.